The Balaban J connectivity index is 2.08. The van der Waals surface area contributed by atoms with Crippen LogP contribution in [0.25, 0.3) is 0 Å². The number of halogens is 2. The van der Waals surface area contributed by atoms with E-state index in [1.807, 2.05) is 6.07 Å². The average Bonchev–Trinajstić information content (AvgIpc) is 2.65. The normalized spacial score (nSPS) is 10.5. The summed E-state index contributed by atoms with van der Waals surface area (Å²) < 4.78 is 44.3. The van der Waals surface area contributed by atoms with Gasteiger partial charge in [-0.05, 0) is 24.6 Å². The van der Waals surface area contributed by atoms with Crippen molar-refractivity contribution in [1.29, 1.82) is 0 Å². The Kier molecular flexibility index (Phi) is 7.08. The molecule has 0 saturated heterocycles. The second kappa shape index (κ2) is 9.49. The molecule has 0 N–H and O–H groups in total. The maximum atomic E-state index is 12.4. The summed E-state index contributed by atoms with van der Waals surface area (Å²) in [6, 6.07) is 8.93. The molecule has 0 radical (unpaired) electrons. The first-order chi connectivity index (χ1) is 13.3. The number of alkyl halides is 2. The molecule has 150 valence electrons. The van der Waals surface area contributed by atoms with Gasteiger partial charge in [-0.25, -0.2) is 4.79 Å². The number of nitrogens with zero attached hydrogens (tertiary/aromatic N) is 1. The molecule has 0 amide bonds. The molecule has 0 aliphatic heterocycles. The summed E-state index contributed by atoms with van der Waals surface area (Å²) in [5, 5.41) is 11.2. The lowest BCUT2D eigenvalue weighted by Crippen LogP contribution is -2.15. The van der Waals surface area contributed by atoms with Crippen LogP contribution in [-0.4, -0.2) is 31.2 Å². The van der Waals surface area contributed by atoms with E-state index >= 15 is 0 Å². The van der Waals surface area contributed by atoms with Gasteiger partial charge in [0.1, 0.15) is 12.4 Å². The van der Waals surface area contributed by atoms with Crippen molar-refractivity contribution >= 4 is 11.7 Å². The first-order valence-corrected chi connectivity index (χ1v) is 7.96. The molecule has 2 rings (SSSR count). The third-order valence-corrected chi connectivity index (χ3v) is 3.61. The van der Waals surface area contributed by atoms with E-state index in [9.17, 15) is 23.7 Å². The van der Waals surface area contributed by atoms with Crippen molar-refractivity contribution in [2.24, 2.45) is 0 Å². The maximum absolute atomic E-state index is 12.4. The number of ether oxygens (including phenoxy) is 4. The zero-order valence-electron chi connectivity index (χ0n) is 15.0. The molecule has 0 unspecified atom stereocenters. The fourth-order valence-electron chi connectivity index (χ4n) is 2.28. The van der Waals surface area contributed by atoms with E-state index in [4.69, 9.17) is 14.2 Å². The van der Waals surface area contributed by atoms with Crippen molar-refractivity contribution in [3.8, 4) is 17.2 Å². The van der Waals surface area contributed by atoms with E-state index in [1.165, 1.54) is 7.11 Å². The number of esters is 1. The third kappa shape index (κ3) is 5.53. The van der Waals surface area contributed by atoms with Crippen molar-refractivity contribution in [3.05, 3.63) is 57.6 Å². The van der Waals surface area contributed by atoms with Crippen LogP contribution in [-0.2, 0) is 16.1 Å². The van der Waals surface area contributed by atoms with E-state index in [0.717, 1.165) is 17.7 Å². The van der Waals surface area contributed by atoms with E-state index < -0.39 is 42.2 Å². The Morgan fingerprint density at radius 3 is 2.50 bits per heavy atom. The van der Waals surface area contributed by atoms with Gasteiger partial charge in [-0.15, -0.1) is 0 Å². The second-order valence-electron chi connectivity index (χ2n) is 5.48. The van der Waals surface area contributed by atoms with Gasteiger partial charge in [0.2, 0.25) is 0 Å². The van der Waals surface area contributed by atoms with Crippen LogP contribution in [0.2, 0.25) is 0 Å². The molecule has 0 aliphatic carbocycles. The first-order valence-electron chi connectivity index (χ1n) is 7.96. The molecule has 0 spiro atoms. The number of benzene rings is 2. The van der Waals surface area contributed by atoms with Crippen molar-refractivity contribution in [2.45, 2.75) is 20.1 Å². The summed E-state index contributed by atoms with van der Waals surface area (Å²) in [6.07, 6.45) is 0. The Hall–Kier alpha value is -3.43. The number of methoxy groups -OCH3 is 1. The third-order valence-electron chi connectivity index (χ3n) is 3.61. The fourth-order valence-corrected chi connectivity index (χ4v) is 2.28. The van der Waals surface area contributed by atoms with Crippen LogP contribution in [0.3, 0.4) is 0 Å². The highest BCUT2D eigenvalue weighted by molar-refractivity contribution is 5.71. The Morgan fingerprint density at radius 2 is 1.89 bits per heavy atom. The molecular formula is C18H17F2NO7. The van der Waals surface area contributed by atoms with E-state index in [-0.39, 0.29) is 11.3 Å². The number of hydrogen-bond acceptors (Lipinski definition) is 7. The van der Waals surface area contributed by atoms with E-state index in [0.29, 0.717) is 5.75 Å². The number of hydrogen-bond donors (Lipinski definition) is 0. The van der Waals surface area contributed by atoms with Gasteiger partial charge in [-0.2, -0.15) is 8.78 Å². The van der Waals surface area contributed by atoms with Gasteiger partial charge in [0.15, 0.2) is 18.1 Å². The highest BCUT2D eigenvalue weighted by Gasteiger charge is 2.22. The molecule has 0 aliphatic rings. The molecule has 10 heteroatoms. The van der Waals surface area contributed by atoms with Gasteiger partial charge in [-0.3, -0.25) is 10.1 Å². The predicted octanol–water partition coefficient (Wildman–Crippen LogP) is 3.64. The summed E-state index contributed by atoms with van der Waals surface area (Å²) in [5.41, 5.74) is 0.224. The van der Waals surface area contributed by atoms with Crippen molar-refractivity contribution in [2.75, 3.05) is 13.7 Å². The van der Waals surface area contributed by atoms with Gasteiger partial charge in [0.05, 0.1) is 23.7 Å². The summed E-state index contributed by atoms with van der Waals surface area (Å²) in [4.78, 5) is 22.3. The highest BCUT2D eigenvalue weighted by Crippen LogP contribution is 2.36. The summed E-state index contributed by atoms with van der Waals surface area (Å²) in [6.45, 7) is -2.25. The Labute approximate surface area is 158 Å². The molecule has 0 heterocycles. The molecule has 28 heavy (non-hydrogen) atoms. The van der Waals surface area contributed by atoms with Crippen LogP contribution in [0.1, 0.15) is 11.1 Å². The minimum absolute atomic E-state index is 0.0484. The Bertz CT molecular complexity index is 858. The number of aryl methyl sites for hydroxylation is 1. The van der Waals surface area contributed by atoms with E-state index in [1.54, 1.807) is 25.1 Å². The van der Waals surface area contributed by atoms with Gasteiger partial charge in [-0.1, -0.05) is 18.2 Å². The molecule has 8 nitrogen and oxygen atoms in total. The second-order valence-corrected chi connectivity index (χ2v) is 5.48. The van der Waals surface area contributed by atoms with Crippen LogP contribution < -0.4 is 14.2 Å². The molecular weight excluding hydrogens is 380 g/mol. The van der Waals surface area contributed by atoms with Crippen LogP contribution in [0.15, 0.2) is 36.4 Å². The van der Waals surface area contributed by atoms with E-state index in [2.05, 4.69) is 4.74 Å². The lowest BCUT2D eigenvalue weighted by atomic mass is 10.1. The minimum Gasteiger partial charge on any atom is -0.493 e. The summed E-state index contributed by atoms with van der Waals surface area (Å²) in [7, 11) is 1.19. The molecule has 2 aromatic rings. The largest absolute Gasteiger partial charge is 0.493 e. The zero-order chi connectivity index (χ0) is 20.7. The number of para-hydroxylation sites is 1. The highest BCUT2D eigenvalue weighted by atomic mass is 19.3. The standard InChI is InChI=1S/C18H17F2NO7/c1-11-5-3-4-6-14(11)26-10-17(22)27-9-12-7-15(25-2)16(28-18(19)20)8-13(12)21(23)24/h3-8,18H,9-10H2,1-2H3. The molecule has 2 aromatic carbocycles. The average molecular weight is 397 g/mol. The summed E-state index contributed by atoms with van der Waals surface area (Å²) in [5.74, 6) is -0.916. The molecule has 0 aromatic heterocycles. The van der Waals surface area contributed by atoms with Gasteiger partial charge < -0.3 is 18.9 Å². The van der Waals surface area contributed by atoms with Crippen LogP contribution in [0.5, 0.6) is 17.2 Å². The van der Waals surface area contributed by atoms with Gasteiger partial charge in [0, 0.05) is 0 Å². The number of carbonyl (C=O) groups excluding carboxylic acids is 1. The van der Waals surface area contributed by atoms with Crippen LogP contribution in [0, 0.1) is 17.0 Å². The first kappa shape index (κ1) is 20.9. The zero-order valence-corrected chi connectivity index (χ0v) is 15.0. The Morgan fingerprint density at radius 1 is 1.18 bits per heavy atom. The number of nitro benzene ring substituents is 1. The molecule has 0 fully saturated rings. The van der Waals surface area contributed by atoms with Gasteiger partial charge >= 0.3 is 12.6 Å². The van der Waals surface area contributed by atoms with Gasteiger partial charge in [0.25, 0.3) is 5.69 Å². The molecule has 0 bridgehead atoms. The predicted molar refractivity (Wildman–Crippen MR) is 92.8 cm³/mol. The van der Waals surface area contributed by atoms with Crippen molar-refractivity contribution < 1.29 is 37.4 Å². The van der Waals surface area contributed by atoms with Crippen LogP contribution >= 0.6 is 0 Å². The number of carbonyl (C=O) groups is 1. The summed E-state index contributed by atoms with van der Waals surface area (Å²) >= 11 is 0. The maximum Gasteiger partial charge on any atom is 0.387 e. The fraction of sp³-hybridized carbons (Fsp3) is 0.278. The molecule has 0 atom stereocenters. The smallest absolute Gasteiger partial charge is 0.387 e. The SMILES string of the molecule is COc1cc(COC(=O)COc2ccccc2C)c([N+](=O)[O-])cc1OC(F)F. The van der Waals surface area contributed by atoms with Crippen LogP contribution in [0.4, 0.5) is 14.5 Å². The lowest BCUT2D eigenvalue weighted by Gasteiger charge is -2.13. The minimum atomic E-state index is -3.18. The monoisotopic (exact) mass is 397 g/mol. The van der Waals surface area contributed by atoms with Crippen molar-refractivity contribution in [3.63, 3.8) is 0 Å². The number of rotatable bonds is 9. The topological polar surface area (TPSA) is 97.1 Å². The lowest BCUT2D eigenvalue weighted by molar-refractivity contribution is -0.386. The quantitative estimate of drug-likeness (QED) is 0.362. The van der Waals surface area contributed by atoms with Crippen molar-refractivity contribution in [1.82, 2.24) is 0 Å². The number of nitro groups is 1. The molecule has 0 saturated carbocycles.